The van der Waals surface area contributed by atoms with Crippen LogP contribution in [0.25, 0.3) is 32.9 Å². The Morgan fingerprint density at radius 1 is 0.963 bits per heavy atom. The third-order valence-electron chi connectivity index (χ3n) is 5.69. The number of hydrogen-bond acceptors (Lipinski definition) is 1. The molecule has 0 saturated heterocycles. The number of fused-ring (bicyclic) bond motifs is 3. The highest BCUT2D eigenvalue weighted by molar-refractivity contribution is 6.05. The predicted octanol–water partition coefficient (Wildman–Crippen LogP) is 6.10. The molecule has 2 nitrogen and oxygen atoms in total. The number of hydrogen-bond donors (Lipinski definition) is 0. The molecule has 0 aliphatic carbocycles. The number of aryl methyl sites for hydroxylation is 2. The van der Waals surface area contributed by atoms with Gasteiger partial charge in [-0.25, -0.2) is 0 Å². The van der Waals surface area contributed by atoms with E-state index in [2.05, 4.69) is 87.0 Å². The van der Waals surface area contributed by atoms with Crippen molar-refractivity contribution in [2.24, 2.45) is 13.0 Å². The van der Waals surface area contributed by atoms with E-state index in [0.717, 1.165) is 17.9 Å². The molecule has 0 N–H and O–H groups in total. The molecule has 27 heavy (non-hydrogen) atoms. The van der Waals surface area contributed by atoms with Crippen molar-refractivity contribution < 1.29 is 9.30 Å². The highest BCUT2D eigenvalue weighted by Gasteiger charge is 2.33. The Balaban J connectivity index is 2.00. The molecule has 0 spiro atoms. The molecule has 5 rings (SSSR count). The summed E-state index contributed by atoms with van der Waals surface area (Å²) in [5, 5.41) is 3.75. The average molecular weight is 354 g/mol. The fraction of sp³-hybridized carbons (Fsp3) is 0.240. The summed E-state index contributed by atoms with van der Waals surface area (Å²) in [7, 11) is 2.16. The molecule has 2 heteroatoms. The summed E-state index contributed by atoms with van der Waals surface area (Å²) in [5.74, 6) is 2.56. The number of pyridine rings is 1. The molecule has 1 aromatic heterocycles. The van der Waals surface area contributed by atoms with Crippen molar-refractivity contribution in [3.05, 3.63) is 65.7 Å². The van der Waals surface area contributed by atoms with Gasteiger partial charge in [0.05, 0.1) is 10.9 Å². The average Bonchev–Trinajstić information content (AvgIpc) is 2.67. The molecule has 3 aromatic carbocycles. The molecular formula is C25H24NO+. The quantitative estimate of drug-likeness (QED) is 0.349. The molecule has 0 amide bonds. The third-order valence-corrected chi connectivity index (χ3v) is 5.69. The van der Waals surface area contributed by atoms with Gasteiger partial charge in [-0.3, -0.25) is 0 Å². The van der Waals surface area contributed by atoms with E-state index in [1.54, 1.807) is 0 Å². The van der Waals surface area contributed by atoms with Crippen molar-refractivity contribution in [2.45, 2.75) is 27.2 Å². The topological polar surface area (TPSA) is 13.1 Å². The summed E-state index contributed by atoms with van der Waals surface area (Å²) in [6.45, 7) is 6.76. The fourth-order valence-corrected chi connectivity index (χ4v) is 4.51. The van der Waals surface area contributed by atoms with Gasteiger partial charge in [0.25, 0.3) is 5.69 Å². The van der Waals surface area contributed by atoms with Crippen molar-refractivity contribution in [3.63, 3.8) is 0 Å². The van der Waals surface area contributed by atoms with Gasteiger partial charge in [0.2, 0.25) is 11.3 Å². The van der Waals surface area contributed by atoms with Crippen LogP contribution in [0.1, 0.15) is 25.0 Å². The minimum absolute atomic E-state index is 0.558. The Kier molecular flexibility index (Phi) is 3.51. The number of ether oxygens (including phenoxy) is 1. The van der Waals surface area contributed by atoms with Gasteiger partial charge in [-0.15, -0.1) is 0 Å². The summed E-state index contributed by atoms with van der Waals surface area (Å²) >= 11 is 0. The molecule has 1 aliphatic rings. The minimum Gasteiger partial charge on any atom is -0.449 e. The van der Waals surface area contributed by atoms with Crippen molar-refractivity contribution in [1.82, 2.24) is 0 Å². The standard InChI is InChI=1S/C25H24NO/c1-15(2)14-19-18-9-5-6-10-20(18)26(4)24-22-16(3)12-13-17-8-7-11-21(23(17)22)27-25(19)24/h5-13,15H,14H2,1-4H3/q+1. The molecule has 0 saturated carbocycles. The first-order valence-electron chi connectivity index (χ1n) is 9.70. The molecular weight excluding hydrogens is 330 g/mol. The molecule has 4 aromatic rings. The van der Waals surface area contributed by atoms with Crippen molar-refractivity contribution >= 4 is 21.7 Å². The molecule has 0 bridgehead atoms. The highest BCUT2D eigenvalue weighted by Crippen LogP contribution is 2.49. The zero-order chi connectivity index (χ0) is 18.7. The van der Waals surface area contributed by atoms with Gasteiger partial charge in [0, 0.05) is 17.0 Å². The van der Waals surface area contributed by atoms with Gasteiger partial charge >= 0.3 is 0 Å². The SMILES string of the molecule is Cc1ccc2cccc3c2c1-c1c(c(CC(C)C)c2ccccc2[n+]1C)O3. The van der Waals surface area contributed by atoms with E-state index < -0.39 is 0 Å². The molecule has 2 heterocycles. The van der Waals surface area contributed by atoms with Crippen LogP contribution in [0.5, 0.6) is 11.5 Å². The van der Waals surface area contributed by atoms with E-state index in [9.17, 15) is 0 Å². The largest absolute Gasteiger partial charge is 0.449 e. The Bertz CT molecular complexity index is 1220. The first-order valence-corrected chi connectivity index (χ1v) is 9.70. The maximum absolute atomic E-state index is 6.60. The van der Waals surface area contributed by atoms with E-state index in [-0.39, 0.29) is 0 Å². The van der Waals surface area contributed by atoms with Crippen LogP contribution >= 0.6 is 0 Å². The highest BCUT2D eigenvalue weighted by atomic mass is 16.5. The molecule has 0 radical (unpaired) electrons. The van der Waals surface area contributed by atoms with E-state index in [0.29, 0.717) is 5.92 Å². The van der Waals surface area contributed by atoms with Crippen LogP contribution in [0, 0.1) is 12.8 Å². The number of para-hydroxylation sites is 1. The van der Waals surface area contributed by atoms with E-state index in [1.807, 2.05) is 0 Å². The van der Waals surface area contributed by atoms with E-state index >= 15 is 0 Å². The lowest BCUT2D eigenvalue weighted by molar-refractivity contribution is -0.633. The number of rotatable bonds is 2. The second-order valence-electron chi connectivity index (χ2n) is 8.04. The normalized spacial score (nSPS) is 12.5. The Morgan fingerprint density at radius 3 is 2.59 bits per heavy atom. The smallest absolute Gasteiger partial charge is 0.257 e. The zero-order valence-electron chi connectivity index (χ0n) is 16.3. The second kappa shape index (κ2) is 5.82. The van der Waals surface area contributed by atoms with E-state index in [1.165, 1.54) is 44.1 Å². The Hall–Kier alpha value is -2.87. The van der Waals surface area contributed by atoms with Crippen molar-refractivity contribution in [1.29, 1.82) is 0 Å². The minimum atomic E-state index is 0.558. The van der Waals surface area contributed by atoms with Gasteiger partial charge in [-0.05, 0) is 42.3 Å². The van der Waals surface area contributed by atoms with Gasteiger partial charge in [-0.2, -0.15) is 4.57 Å². The van der Waals surface area contributed by atoms with Gasteiger partial charge in [-0.1, -0.05) is 50.2 Å². The van der Waals surface area contributed by atoms with Gasteiger partial charge in [0.15, 0.2) is 0 Å². The maximum atomic E-state index is 6.60. The lowest BCUT2D eigenvalue weighted by atomic mass is 9.89. The van der Waals surface area contributed by atoms with Crippen LogP contribution in [-0.4, -0.2) is 0 Å². The lowest BCUT2D eigenvalue weighted by Gasteiger charge is -2.24. The zero-order valence-corrected chi connectivity index (χ0v) is 16.3. The second-order valence-corrected chi connectivity index (χ2v) is 8.04. The predicted molar refractivity (Wildman–Crippen MR) is 111 cm³/mol. The Morgan fingerprint density at radius 2 is 1.78 bits per heavy atom. The van der Waals surface area contributed by atoms with Crippen LogP contribution in [0.2, 0.25) is 0 Å². The fourth-order valence-electron chi connectivity index (χ4n) is 4.51. The van der Waals surface area contributed by atoms with Crippen LogP contribution in [0.4, 0.5) is 0 Å². The summed E-state index contributed by atoms with van der Waals surface area (Å²) < 4.78 is 8.92. The van der Waals surface area contributed by atoms with Crippen molar-refractivity contribution in [2.75, 3.05) is 0 Å². The molecule has 0 atom stereocenters. The van der Waals surface area contributed by atoms with Crippen LogP contribution < -0.4 is 9.30 Å². The summed E-state index contributed by atoms with van der Waals surface area (Å²) in [4.78, 5) is 0. The van der Waals surface area contributed by atoms with E-state index in [4.69, 9.17) is 4.74 Å². The monoisotopic (exact) mass is 354 g/mol. The number of aromatic nitrogens is 1. The first-order chi connectivity index (χ1) is 13.1. The molecule has 134 valence electrons. The summed E-state index contributed by atoms with van der Waals surface area (Å²) in [6.07, 6.45) is 1.00. The maximum Gasteiger partial charge on any atom is 0.257 e. The third kappa shape index (κ3) is 2.29. The van der Waals surface area contributed by atoms with Gasteiger partial charge in [0.1, 0.15) is 12.8 Å². The first kappa shape index (κ1) is 16.3. The van der Waals surface area contributed by atoms with Gasteiger partial charge < -0.3 is 4.74 Å². The molecule has 1 aliphatic heterocycles. The lowest BCUT2D eigenvalue weighted by Crippen LogP contribution is -2.34. The number of benzene rings is 3. The van der Waals surface area contributed by atoms with Crippen LogP contribution in [0.3, 0.4) is 0 Å². The Labute approximate surface area is 160 Å². The molecule has 0 unspecified atom stereocenters. The van der Waals surface area contributed by atoms with Crippen LogP contribution in [-0.2, 0) is 13.5 Å². The summed E-state index contributed by atoms with van der Waals surface area (Å²) in [5.41, 5.74) is 6.38. The number of nitrogens with zero attached hydrogens (tertiary/aromatic N) is 1. The summed E-state index contributed by atoms with van der Waals surface area (Å²) in [6, 6.07) is 19.5. The van der Waals surface area contributed by atoms with Crippen molar-refractivity contribution in [3.8, 4) is 22.8 Å². The van der Waals surface area contributed by atoms with Crippen LogP contribution in [0.15, 0.2) is 54.6 Å². The molecule has 0 fully saturated rings.